The van der Waals surface area contributed by atoms with E-state index in [-0.39, 0.29) is 48.9 Å². The Balaban J connectivity index is 0.000000960. The Hall–Kier alpha value is -4.01. The molecule has 72 heavy (non-hydrogen) atoms. The molecule has 2 heterocycles. The smallest absolute Gasteiger partial charge is 0.407 e. The van der Waals surface area contributed by atoms with Crippen LogP contribution in [0.15, 0.2) is 25.7 Å². The Morgan fingerprint density at radius 1 is 0.583 bits per heavy atom. The lowest BCUT2D eigenvalue weighted by atomic mass is 9.90. The third-order valence-electron chi connectivity index (χ3n) is 11.9. The molecule has 2 saturated heterocycles. The first-order valence-electron chi connectivity index (χ1n) is 26.0. The van der Waals surface area contributed by atoms with Crippen molar-refractivity contribution >= 4 is 30.0 Å². The van der Waals surface area contributed by atoms with E-state index in [1.807, 2.05) is 69.2 Å². The zero-order valence-corrected chi connectivity index (χ0v) is 45.8. The number of esters is 4. The highest BCUT2D eigenvalue weighted by molar-refractivity contribution is 5.76. The van der Waals surface area contributed by atoms with Gasteiger partial charge in [-0.1, -0.05) is 54.7 Å². The molecule has 1 aliphatic carbocycles. The normalized spacial score (nSPS) is 18.1. The van der Waals surface area contributed by atoms with E-state index in [4.69, 9.17) is 61.6 Å². The number of fused-ring (bicyclic) bond motifs is 1. The summed E-state index contributed by atoms with van der Waals surface area (Å²) in [6, 6.07) is 0. The standard InChI is InChI=1S/C18H31NO6.2C12H22O4.C11H20O4/c1-4-18(2,3)16(20)23-10-9-22-8-7-19-17(21)24-12-13-5-6-14-15(11-13)25-14;1-3-10(2)12(13)15-7-5-4-6-14-8-11-9-16-11;1-5-12(3,4)11(13)16-10-9-15-8-7-14-6-2;1-4-10(3)11(12)15-9-8-14-7-6-13-5-2/h13-15H,4-12H2,1-3H3,(H,19,21);10-11H,3-9H2,1-2H3;6H,2,5,7-10H2,1,3-4H3;5,10H,2,4,6-9H2,1,3H3. The Kier molecular flexibility index (Phi) is 40.0. The monoisotopic (exact) mass is 1030 g/mol. The van der Waals surface area contributed by atoms with E-state index in [2.05, 4.69) is 18.5 Å². The van der Waals surface area contributed by atoms with E-state index in [0.29, 0.717) is 110 Å². The van der Waals surface area contributed by atoms with Crippen LogP contribution in [0.5, 0.6) is 0 Å². The van der Waals surface area contributed by atoms with Crippen LogP contribution in [0.1, 0.15) is 127 Å². The molecule has 0 aromatic rings. The summed E-state index contributed by atoms with van der Waals surface area (Å²) in [4.78, 5) is 57.3. The van der Waals surface area contributed by atoms with Gasteiger partial charge in [0.1, 0.15) is 39.1 Å². The van der Waals surface area contributed by atoms with Crippen molar-refractivity contribution < 1.29 is 85.6 Å². The fourth-order valence-corrected chi connectivity index (χ4v) is 5.54. The van der Waals surface area contributed by atoms with Gasteiger partial charge in [-0.15, -0.1) is 0 Å². The summed E-state index contributed by atoms with van der Waals surface area (Å²) >= 11 is 0. The predicted octanol–water partition coefficient (Wildman–Crippen LogP) is 7.94. The number of carbonyl (C=O) groups is 5. The summed E-state index contributed by atoms with van der Waals surface area (Å²) < 4.78 is 66.8. The first-order valence-corrected chi connectivity index (χ1v) is 26.0. The number of nitrogens with one attached hydrogen (secondary N) is 1. The van der Waals surface area contributed by atoms with Gasteiger partial charge in [-0.3, -0.25) is 19.2 Å². The molecule has 2 aliphatic heterocycles. The van der Waals surface area contributed by atoms with Gasteiger partial charge in [0.15, 0.2) is 0 Å². The summed E-state index contributed by atoms with van der Waals surface area (Å²) in [5.74, 6) is -0.254. The largest absolute Gasteiger partial charge is 0.499 e. The quantitative estimate of drug-likeness (QED) is 0.0205. The number of hydrogen-bond donors (Lipinski definition) is 1. The summed E-state index contributed by atoms with van der Waals surface area (Å²) in [5, 5.41) is 2.65. The molecule has 3 rings (SSSR count). The first-order chi connectivity index (χ1) is 34.4. The Morgan fingerprint density at radius 3 is 1.53 bits per heavy atom. The molecule has 0 spiro atoms. The maximum atomic E-state index is 11.7. The van der Waals surface area contributed by atoms with Crippen LogP contribution in [0, 0.1) is 28.6 Å². The molecule has 420 valence electrons. The van der Waals surface area contributed by atoms with E-state index in [9.17, 15) is 24.0 Å². The van der Waals surface area contributed by atoms with E-state index in [1.54, 1.807) is 0 Å². The van der Waals surface area contributed by atoms with E-state index in [1.165, 1.54) is 12.5 Å². The molecule has 6 unspecified atom stereocenters. The molecule has 1 saturated carbocycles. The number of ether oxygens (including phenoxy) is 13. The van der Waals surface area contributed by atoms with Crippen LogP contribution in [0.4, 0.5) is 4.79 Å². The Morgan fingerprint density at radius 2 is 1.06 bits per heavy atom. The van der Waals surface area contributed by atoms with Crippen molar-refractivity contribution in [1.29, 1.82) is 0 Å². The topological polar surface area (TPSA) is 224 Å². The van der Waals surface area contributed by atoms with Gasteiger partial charge in [0.2, 0.25) is 0 Å². The highest BCUT2D eigenvalue weighted by Crippen LogP contribution is 2.39. The van der Waals surface area contributed by atoms with Crippen LogP contribution in [0.3, 0.4) is 0 Å². The minimum atomic E-state index is -0.462. The summed E-state index contributed by atoms with van der Waals surface area (Å²) in [6.45, 7) is 33.6. The SMILES string of the molecule is C=COCCOCCOC(=O)C(C)(C)CC.C=COCCOCCOC(=O)C(C)CC.CCC(C)(C)C(=O)OCCOCCNC(=O)OCC1CCC2OC2C1.CCC(C)C(=O)OCCCCOCC1CO1. The average Bonchev–Trinajstić information content (AvgIpc) is 4.33. The first kappa shape index (κ1) is 68.0. The predicted molar refractivity (Wildman–Crippen MR) is 271 cm³/mol. The molecule has 0 radical (unpaired) electrons. The fraction of sp³-hybridized carbons (Fsp3) is 0.830. The van der Waals surface area contributed by atoms with Gasteiger partial charge in [0.25, 0.3) is 0 Å². The van der Waals surface area contributed by atoms with Gasteiger partial charge in [0, 0.05) is 13.2 Å². The lowest BCUT2D eigenvalue weighted by Gasteiger charge is -2.20. The van der Waals surface area contributed by atoms with Crippen LogP contribution in [0.25, 0.3) is 0 Å². The number of amides is 1. The fourth-order valence-electron chi connectivity index (χ4n) is 5.54. The minimum Gasteiger partial charge on any atom is -0.499 e. The molecule has 0 aromatic carbocycles. The maximum Gasteiger partial charge on any atom is 0.407 e. The van der Waals surface area contributed by atoms with Gasteiger partial charge in [0.05, 0.1) is 113 Å². The Bertz CT molecular complexity index is 1460. The van der Waals surface area contributed by atoms with Crippen molar-refractivity contribution in [2.24, 2.45) is 28.6 Å². The van der Waals surface area contributed by atoms with Gasteiger partial charge in [-0.05, 0) is 91.4 Å². The molecular weight excluding hydrogens is 939 g/mol. The number of alkyl carbamates (subject to hydrolysis) is 1. The number of rotatable bonds is 37. The van der Waals surface area contributed by atoms with Crippen molar-refractivity contribution in [1.82, 2.24) is 5.32 Å². The highest BCUT2D eigenvalue weighted by Gasteiger charge is 2.44. The van der Waals surface area contributed by atoms with Crippen LogP contribution >= 0.6 is 0 Å². The van der Waals surface area contributed by atoms with Crippen molar-refractivity contribution in [3.63, 3.8) is 0 Å². The van der Waals surface area contributed by atoms with E-state index < -0.39 is 16.9 Å². The molecule has 1 N–H and O–H groups in total. The highest BCUT2D eigenvalue weighted by atomic mass is 16.6. The summed E-state index contributed by atoms with van der Waals surface area (Å²) in [7, 11) is 0. The van der Waals surface area contributed by atoms with Crippen LogP contribution < -0.4 is 5.32 Å². The zero-order valence-electron chi connectivity index (χ0n) is 45.8. The second-order valence-electron chi connectivity index (χ2n) is 18.8. The lowest BCUT2D eigenvalue weighted by molar-refractivity contribution is -0.156. The second kappa shape index (κ2) is 42.4. The summed E-state index contributed by atoms with van der Waals surface area (Å²) in [6.07, 6.45) is 11.6. The molecule has 1 amide bonds. The zero-order chi connectivity index (χ0) is 54.0. The number of epoxide rings is 2. The molecule has 19 nitrogen and oxygen atoms in total. The average molecular weight is 1030 g/mol. The second-order valence-corrected chi connectivity index (χ2v) is 18.8. The Labute approximate surface area is 431 Å². The van der Waals surface area contributed by atoms with Crippen LogP contribution in [0.2, 0.25) is 0 Å². The number of unbranched alkanes of at least 4 members (excludes halogenated alkanes) is 1. The van der Waals surface area contributed by atoms with Gasteiger partial charge in [-0.2, -0.15) is 0 Å². The number of hydrogen-bond acceptors (Lipinski definition) is 18. The molecule has 19 heteroatoms. The molecule has 3 aliphatic rings. The van der Waals surface area contributed by atoms with Gasteiger partial charge >= 0.3 is 30.0 Å². The molecular formula is C53H95NO18. The third-order valence-corrected chi connectivity index (χ3v) is 11.9. The number of carbonyl (C=O) groups excluding carboxylic acids is 5. The van der Waals surface area contributed by atoms with Crippen LogP contribution in [-0.2, 0) is 80.8 Å². The van der Waals surface area contributed by atoms with E-state index >= 15 is 0 Å². The lowest BCUT2D eigenvalue weighted by Crippen LogP contribution is -2.31. The molecule has 3 fully saturated rings. The molecule has 6 atom stereocenters. The summed E-state index contributed by atoms with van der Waals surface area (Å²) in [5.41, 5.74) is -0.873. The van der Waals surface area contributed by atoms with Crippen LogP contribution in [-0.4, -0.2) is 161 Å². The third kappa shape index (κ3) is 36.8. The van der Waals surface area contributed by atoms with Gasteiger partial charge in [-0.25, -0.2) is 4.79 Å². The minimum absolute atomic E-state index is 0.0169. The van der Waals surface area contributed by atoms with Crippen molar-refractivity contribution in [2.75, 3.05) is 112 Å². The molecule has 0 bridgehead atoms. The van der Waals surface area contributed by atoms with E-state index in [0.717, 1.165) is 71.0 Å². The van der Waals surface area contributed by atoms with Crippen molar-refractivity contribution in [2.45, 2.75) is 145 Å². The van der Waals surface area contributed by atoms with Gasteiger partial charge < -0.3 is 66.9 Å². The van der Waals surface area contributed by atoms with Crippen molar-refractivity contribution in [3.8, 4) is 0 Å². The molecule has 0 aromatic heterocycles. The maximum absolute atomic E-state index is 11.7. The van der Waals surface area contributed by atoms with Crippen molar-refractivity contribution in [3.05, 3.63) is 25.7 Å².